The van der Waals surface area contributed by atoms with Gasteiger partial charge in [-0.05, 0) is 18.0 Å². The number of rotatable bonds is 0. The van der Waals surface area contributed by atoms with Gasteiger partial charge in [0.25, 0.3) is 0 Å². The zero-order valence-electron chi connectivity index (χ0n) is 4.02. The van der Waals surface area contributed by atoms with Crippen LogP contribution in [0.5, 0.6) is 0 Å². The fourth-order valence-electron chi connectivity index (χ4n) is 1.70. The Balaban J connectivity index is 2.13. The molecule has 0 nitrogen and oxygen atoms in total. The van der Waals surface area contributed by atoms with Crippen LogP contribution in [-0.4, -0.2) is 11.3 Å². The predicted molar refractivity (Wildman–Crippen MR) is 32.1 cm³/mol. The van der Waals surface area contributed by atoms with Gasteiger partial charge in [-0.3, -0.25) is 0 Å². The molecule has 0 N–H and O–H groups in total. The molecule has 4 atom stereocenters. The van der Waals surface area contributed by atoms with Crippen molar-refractivity contribution >= 4 is 8.58 Å². The molecular formula is C6H7P. The molecule has 3 unspecified atom stereocenters. The molecule has 0 bridgehead atoms. The van der Waals surface area contributed by atoms with Crippen LogP contribution in [0.1, 0.15) is 6.42 Å². The van der Waals surface area contributed by atoms with E-state index in [4.69, 9.17) is 0 Å². The molecule has 1 aliphatic heterocycles. The van der Waals surface area contributed by atoms with Crippen molar-refractivity contribution in [2.24, 2.45) is 5.92 Å². The molecule has 0 aromatic rings. The number of allylic oxidation sites excluding steroid dienone is 2. The minimum atomic E-state index is 1.04. The first kappa shape index (κ1) is 3.25. The highest BCUT2D eigenvalue weighted by Crippen LogP contribution is 2.68. The second kappa shape index (κ2) is 0.717. The Morgan fingerprint density at radius 3 is 3.14 bits per heavy atom. The largest absolute Gasteiger partial charge is 0.110 e. The quantitative estimate of drug-likeness (QED) is 0.326. The third kappa shape index (κ3) is 0.264. The monoisotopic (exact) mass is 110 g/mol. The highest BCUT2D eigenvalue weighted by Gasteiger charge is 2.54. The van der Waals surface area contributed by atoms with E-state index < -0.39 is 0 Å². The molecule has 0 radical (unpaired) electrons. The van der Waals surface area contributed by atoms with E-state index in [0.717, 1.165) is 11.6 Å². The minimum Gasteiger partial charge on any atom is -0.110 e. The number of hydrogen-bond acceptors (Lipinski definition) is 0. The first-order valence-electron chi connectivity index (χ1n) is 2.93. The van der Waals surface area contributed by atoms with Crippen LogP contribution in [0.2, 0.25) is 0 Å². The van der Waals surface area contributed by atoms with Gasteiger partial charge in [0.2, 0.25) is 0 Å². The summed E-state index contributed by atoms with van der Waals surface area (Å²) in [6.07, 6.45) is 4.00. The van der Waals surface area contributed by atoms with Gasteiger partial charge in [-0.1, -0.05) is 11.6 Å². The van der Waals surface area contributed by atoms with Crippen molar-refractivity contribution in [3.63, 3.8) is 0 Å². The molecule has 2 fully saturated rings. The summed E-state index contributed by atoms with van der Waals surface area (Å²) < 4.78 is 0. The summed E-state index contributed by atoms with van der Waals surface area (Å²) in [5.41, 5.74) is 4.18. The maximum Gasteiger partial charge on any atom is 0.00475 e. The molecule has 3 rings (SSSR count). The van der Waals surface area contributed by atoms with Gasteiger partial charge in [0.05, 0.1) is 0 Å². The summed E-state index contributed by atoms with van der Waals surface area (Å²) in [4.78, 5) is 0. The lowest BCUT2D eigenvalue weighted by atomic mass is 10.3. The van der Waals surface area contributed by atoms with Gasteiger partial charge < -0.3 is 0 Å². The van der Waals surface area contributed by atoms with E-state index in [9.17, 15) is 0 Å². The normalized spacial score (nSPS) is 64.0. The van der Waals surface area contributed by atoms with E-state index >= 15 is 0 Å². The van der Waals surface area contributed by atoms with Crippen molar-refractivity contribution in [2.75, 3.05) is 0 Å². The first-order chi connectivity index (χ1) is 3.45. The first-order valence-corrected chi connectivity index (χ1v) is 4.08. The van der Waals surface area contributed by atoms with Crippen LogP contribution in [0.15, 0.2) is 11.6 Å². The van der Waals surface area contributed by atoms with E-state index in [-0.39, 0.29) is 0 Å². The van der Waals surface area contributed by atoms with Crippen molar-refractivity contribution in [1.82, 2.24) is 0 Å². The highest BCUT2D eigenvalue weighted by molar-refractivity contribution is 7.49. The topological polar surface area (TPSA) is 0 Å². The Labute approximate surface area is 44.8 Å². The minimum absolute atomic E-state index is 1.04. The standard InChI is InChI=1S/C6H7P/c1-3-2-5-6(7-5)4(1)3/h1,3,5-7H,2H2/t3-,5?,6?/m0/s1. The maximum absolute atomic E-state index is 2.46. The fourth-order valence-corrected chi connectivity index (χ4v) is 3.28. The summed E-state index contributed by atoms with van der Waals surface area (Å²) in [7, 11) is 1.34. The Hall–Kier alpha value is 0.170. The van der Waals surface area contributed by atoms with Gasteiger partial charge >= 0.3 is 0 Å². The molecule has 3 aliphatic rings. The van der Waals surface area contributed by atoms with Crippen molar-refractivity contribution in [2.45, 2.75) is 17.7 Å². The van der Waals surface area contributed by atoms with Gasteiger partial charge in [0.15, 0.2) is 0 Å². The molecule has 2 aliphatic carbocycles. The molecule has 36 valence electrons. The van der Waals surface area contributed by atoms with Crippen molar-refractivity contribution in [1.29, 1.82) is 0 Å². The summed E-state index contributed by atoms with van der Waals surface area (Å²) in [5.74, 6) is 1.04. The van der Waals surface area contributed by atoms with Crippen LogP contribution in [-0.2, 0) is 0 Å². The molecule has 1 heterocycles. The molecule has 1 saturated heterocycles. The third-order valence-electron chi connectivity index (χ3n) is 2.27. The molecule has 0 aromatic heterocycles. The lowest BCUT2D eigenvalue weighted by Gasteiger charge is -1.83. The second-order valence-corrected chi connectivity index (χ2v) is 4.46. The number of hydrogen-bond donors (Lipinski definition) is 0. The zero-order chi connectivity index (χ0) is 4.43. The van der Waals surface area contributed by atoms with Crippen molar-refractivity contribution in [3.05, 3.63) is 11.6 Å². The number of fused-ring (bicyclic) bond motifs is 3. The van der Waals surface area contributed by atoms with Gasteiger partial charge in [-0.25, -0.2) is 0 Å². The molecule has 0 amide bonds. The van der Waals surface area contributed by atoms with E-state index in [0.29, 0.717) is 0 Å². The third-order valence-corrected chi connectivity index (χ3v) is 3.97. The summed E-state index contributed by atoms with van der Waals surface area (Å²) in [6, 6.07) is 0. The molecule has 1 saturated carbocycles. The molecular weight excluding hydrogens is 103 g/mol. The van der Waals surface area contributed by atoms with E-state index in [2.05, 4.69) is 6.08 Å². The Bertz CT molecular complexity index is 160. The fraction of sp³-hybridized carbons (Fsp3) is 0.667. The lowest BCUT2D eigenvalue weighted by molar-refractivity contribution is 0.857. The summed E-state index contributed by atoms with van der Waals surface area (Å²) in [6.45, 7) is 0. The van der Waals surface area contributed by atoms with Crippen molar-refractivity contribution in [3.8, 4) is 0 Å². The van der Waals surface area contributed by atoms with Crippen LogP contribution >= 0.6 is 8.58 Å². The smallest absolute Gasteiger partial charge is 0.00475 e. The lowest BCUT2D eigenvalue weighted by Crippen LogP contribution is -1.79. The average Bonchev–Trinajstić information content (AvgIpc) is 2.47. The van der Waals surface area contributed by atoms with Gasteiger partial charge in [0, 0.05) is 5.66 Å². The van der Waals surface area contributed by atoms with Gasteiger partial charge in [-0.15, -0.1) is 8.58 Å². The molecule has 7 heavy (non-hydrogen) atoms. The summed E-state index contributed by atoms with van der Waals surface area (Å²) >= 11 is 0. The zero-order valence-corrected chi connectivity index (χ0v) is 5.02. The Morgan fingerprint density at radius 1 is 1.71 bits per heavy atom. The average molecular weight is 110 g/mol. The molecule has 0 aromatic carbocycles. The Morgan fingerprint density at radius 2 is 2.71 bits per heavy atom. The van der Waals surface area contributed by atoms with E-state index in [1.54, 1.807) is 6.42 Å². The Kier molecular flexibility index (Phi) is 0.332. The van der Waals surface area contributed by atoms with Crippen LogP contribution in [0.3, 0.4) is 0 Å². The summed E-state index contributed by atoms with van der Waals surface area (Å²) in [5, 5.41) is 0. The highest BCUT2D eigenvalue weighted by atomic mass is 31.1. The van der Waals surface area contributed by atoms with Crippen LogP contribution < -0.4 is 0 Å². The van der Waals surface area contributed by atoms with Crippen LogP contribution in [0.25, 0.3) is 0 Å². The molecule has 0 spiro atoms. The van der Waals surface area contributed by atoms with Crippen LogP contribution in [0, 0.1) is 5.92 Å². The van der Waals surface area contributed by atoms with Crippen molar-refractivity contribution < 1.29 is 0 Å². The van der Waals surface area contributed by atoms with Crippen LogP contribution in [0.4, 0.5) is 0 Å². The SMILES string of the molecule is C1=C2C3PC3C[C@H]12. The predicted octanol–water partition coefficient (Wildman–Crippen LogP) is 1.38. The van der Waals surface area contributed by atoms with E-state index in [1.807, 2.05) is 5.57 Å². The van der Waals surface area contributed by atoms with Gasteiger partial charge in [-0.2, -0.15) is 0 Å². The van der Waals surface area contributed by atoms with E-state index in [1.165, 1.54) is 14.2 Å². The maximum atomic E-state index is 2.46. The molecule has 1 heteroatoms. The second-order valence-electron chi connectivity index (χ2n) is 2.76. The van der Waals surface area contributed by atoms with Gasteiger partial charge in [0.1, 0.15) is 0 Å².